The molecule has 1 saturated heterocycles. The summed E-state index contributed by atoms with van der Waals surface area (Å²) in [5, 5.41) is 12.1. The van der Waals surface area contributed by atoms with Gasteiger partial charge in [0, 0.05) is 28.9 Å². The van der Waals surface area contributed by atoms with E-state index in [2.05, 4.69) is 15.6 Å². The number of nitrogens with zero attached hydrogens (tertiary/aromatic N) is 4. The molecule has 0 aliphatic carbocycles. The van der Waals surface area contributed by atoms with Gasteiger partial charge in [0.05, 0.1) is 0 Å². The Bertz CT molecular complexity index is 758. The van der Waals surface area contributed by atoms with E-state index in [0.717, 1.165) is 37.3 Å². The number of hydrogen-bond acceptors (Lipinski definition) is 5. The van der Waals surface area contributed by atoms with E-state index in [1.54, 1.807) is 6.21 Å². The van der Waals surface area contributed by atoms with E-state index in [4.69, 9.17) is 21.7 Å². The lowest BCUT2D eigenvalue weighted by Crippen LogP contribution is -2.31. The van der Waals surface area contributed by atoms with Gasteiger partial charge >= 0.3 is 0 Å². The van der Waals surface area contributed by atoms with Crippen LogP contribution >= 0.6 is 11.6 Å². The molecular formula is C17H19ClN6. The smallest absolute Gasteiger partial charge is 0.217 e. The lowest BCUT2D eigenvalue weighted by atomic mass is 9.97. The van der Waals surface area contributed by atoms with Crippen molar-refractivity contribution in [2.75, 3.05) is 13.1 Å². The van der Waals surface area contributed by atoms with Gasteiger partial charge in [-0.3, -0.25) is 0 Å². The fourth-order valence-electron chi connectivity index (χ4n) is 3.09. The molecule has 1 fully saturated rings. The summed E-state index contributed by atoms with van der Waals surface area (Å²) in [4.78, 5) is 9.33. The minimum Gasteiger partial charge on any atom is -0.352 e. The van der Waals surface area contributed by atoms with Gasteiger partial charge in [0.1, 0.15) is 5.82 Å². The molecule has 2 aromatic rings. The van der Waals surface area contributed by atoms with Crippen LogP contribution in [0.2, 0.25) is 5.02 Å². The van der Waals surface area contributed by atoms with Crippen LogP contribution in [0.25, 0.3) is 11.4 Å². The number of allylic oxidation sites excluding steroid dienone is 1. The molecule has 4 rings (SSSR count). The average molecular weight is 343 g/mol. The molecule has 124 valence electrons. The number of rotatable bonds is 3. The lowest BCUT2D eigenvalue weighted by molar-refractivity contribution is 0.369. The molecule has 1 aromatic carbocycles. The maximum Gasteiger partial charge on any atom is 0.217 e. The van der Waals surface area contributed by atoms with Crippen molar-refractivity contribution < 1.29 is 0 Å². The Morgan fingerprint density at radius 2 is 1.92 bits per heavy atom. The number of benzene rings is 1. The minimum absolute atomic E-state index is 0.242. The SMILES string of the molecule is Clc1ccc(-c2nc(C3CCNCC3)n(C3N=CC=CN3)n2)cc1. The molecule has 0 bridgehead atoms. The standard InChI is InChI=1S/C17H19ClN6/c18-14-4-2-12(3-5-14)15-22-16(13-6-10-19-11-7-13)24(23-15)17-20-8-1-9-21-17/h1-5,8-9,13,17,19-20H,6-7,10-11H2. The molecule has 7 heteroatoms. The Hall–Kier alpha value is -2.18. The molecule has 1 atom stereocenters. The summed E-state index contributed by atoms with van der Waals surface area (Å²) >= 11 is 5.99. The van der Waals surface area contributed by atoms with Crippen molar-refractivity contribution in [3.8, 4) is 11.4 Å². The first-order valence-corrected chi connectivity index (χ1v) is 8.56. The van der Waals surface area contributed by atoms with Crippen LogP contribution in [0, 0.1) is 0 Å². The monoisotopic (exact) mass is 342 g/mol. The zero-order chi connectivity index (χ0) is 16.4. The number of halogens is 1. The highest BCUT2D eigenvalue weighted by Crippen LogP contribution is 2.28. The third-order valence-electron chi connectivity index (χ3n) is 4.35. The van der Waals surface area contributed by atoms with Gasteiger partial charge < -0.3 is 10.6 Å². The number of nitrogens with one attached hydrogen (secondary N) is 2. The highest BCUT2D eigenvalue weighted by atomic mass is 35.5. The predicted molar refractivity (Wildman–Crippen MR) is 95.1 cm³/mol. The topological polar surface area (TPSA) is 67.1 Å². The summed E-state index contributed by atoms with van der Waals surface area (Å²) in [7, 11) is 0. The van der Waals surface area contributed by atoms with Crippen molar-refractivity contribution in [3.05, 3.63) is 47.4 Å². The van der Waals surface area contributed by atoms with Crippen LogP contribution in [0.3, 0.4) is 0 Å². The molecule has 0 spiro atoms. The van der Waals surface area contributed by atoms with E-state index in [-0.39, 0.29) is 6.29 Å². The van der Waals surface area contributed by atoms with Crippen molar-refractivity contribution in [3.63, 3.8) is 0 Å². The van der Waals surface area contributed by atoms with Crippen LogP contribution in [-0.4, -0.2) is 34.1 Å². The fraction of sp³-hybridized carbons (Fsp3) is 0.353. The molecule has 0 saturated carbocycles. The number of hydrogen-bond donors (Lipinski definition) is 2. The zero-order valence-corrected chi connectivity index (χ0v) is 13.9. The molecule has 24 heavy (non-hydrogen) atoms. The van der Waals surface area contributed by atoms with Crippen molar-refractivity contribution in [2.24, 2.45) is 4.99 Å². The zero-order valence-electron chi connectivity index (χ0n) is 13.2. The molecule has 6 nitrogen and oxygen atoms in total. The third kappa shape index (κ3) is 3.07. The third-order valence-corrected chi connectivity index (χ3v) is 4.60. The number of aromatic nitrogens is 3. The lowest BCUT2D eigenvalue weighted by Gasteiger charge is -2.24. The van der Waals surface area contributed by atoms with Crippen molar-refractivity contribution in [1.29, 1.82) is 0 Å². The van der Waals surface area contributed by atoms with E-state index in [1.165, 1.54) is 0 Å². The summed E-state index contributed by atoms with van der Waals surface area (Å²) in [6.07, 6.45) is 7.42. The summed E-state index contributed by atoms with van der Waals surface area (Å²) in [5.41, 5.74) is 0.962. The largest absolute Gasteiger partial charge is 0.352 e. The van der Waals surface area contributed by atoms with Gasteiger partial charge in [0.25, 0.3) is 0 Å². The summed E-state index contributed by atoms with van der Waals surface area (Å²) in [6.45, 7) is 2.02. The van der Waals surface area contributed by atoms with Crippen molar-refractivity contribution >= 4 is 17.8 Å². The summed E-state index contributed by atoms with van der Waals surface area (Å²) < 4.78 is 1.92. The van der Waals surface area contributed by atoms with Crippen LogP contribution in [0.5, 0.6) is 0 Å². The molecule has 1 aromatic heterocycles. The highest BCUT2D eigenvalue weighted by molar-refractivity contribution is 6.30. The molecule has 1 unspecified atom stereocenters. The average Bonchev–Trinajstić information content (AvgIpc) is 3.09. The number of piperidine rings is 1. The Kier molecular flexibility index (Phi) is 4.32. The van der Waals surface area contributed by atoms with Gasteiger partial charge in [0.2, 0.25) is 6.29 Å². The van der Waals surface area contributed by atoms with Gasteiger partial charge in [-0.2, -0.15) is 0 Å². The normalized spacial score (nSPS) is 21.0. The first-order valence-electron chi connectivity index (χ1n) is 8.19. The second-order valence-electron chi connectivity index (χ2n) is 5.97. The summed E-state index contributed by atoms with van der Waals surface area (Å²) in [5.74, 6) is 2.10. The maximum absolute atomic E-state index is 5.99. The molecule has 0 amide bonds. The van der Waals surface area contributed by atoms with E-state index < -0.39 is 0 Å². The van der Waals surface area contributed by atoms with E-state index in [1.807, 2.05) is 41.2 Å². The Morgan fingerprint density at radius 3 is 2.62 bits per heavy atom. The minimum atomic E-state index is -0.242. The van der Waals surface area contributed by atoms with Crippen LogP contribution in [0.15, 0.2) is 41.5 Å². The van der Waals surface area contributed by atoms with Crippen molar-refractivity contribution in [2.45, 2.75) is 25.0 Å². The molecule has 0 radical (unpaired) electrons. The molecule has 2 N–H and O–H groups in total. The number of aliphatic imine (C=N–C) groups is 1. The highest BCUT2D eigenvalue weighted by Gasteiger charge is 2.26. The first-order chi connectivity index (χ1) is 11.8. The van der Waals surface area contributed by atoms with E-state index >= 15 is 0 Å². The second kappa shape index (κ2) is 6.75. The second-order valence-corrected chi connectivity index (χ2v) is 6.40. The molecule has 2 aliphatic rings. The van der Waals surface area contributed by atoms with E-state index in [9.17, 15) is 0 Å². The predicted octanol–water partition coefficient (Wildman–Crippen LogP) is 2.71. The van der Waals surface area contributed by atoms with Crippen molar-refractivity contribution in [1.82, 2.24) is 25.4 Å². The van der Waals surface area contributed by atoms with Crippen LogP contribution < -0.4 is 10.6 Å². The Balaban J connectivity index is 1.73. The first kappa shape index (κ1) is 15.4. The van der Waals surface area contributed by atoms with Gasteiger partial charge in [-0.1, -0.05) is 11.6 Å². The molecule has 3 heterocycles. The summed E-state index contributed by atoms with van der Waals surface area (Å²) in [6, 6.07) is 7.63. The molecule has 2 aliphatic heterocycles. The van der Waals surface area contributed by atoms with Crippen LogP contribution in [0.1, 0.15) is 30.9 Å². The Morgan fingerprint density at radius 1 is 1.12 bits per heavy atom. The van der Waals surface area contributed by atoms with Gasteiger partial charge in [0.15, 0.2) is 5.82 Å². The van der Waals surface area contributed by atoms with Gasteiger partial charge in [-0.15, -0.1) is 5.10 Å². The van der Waals surface area contributed by atoms with E-state index in [0.29, 0.717) is 16.8 Å². The fourth-order valence-corrected chi connectivity index (χ4v) is 3.21. The van der Waals surface area contributed by atoms with Crippen LogP contribution in [0.4, 0.5) is 0 Å². The van der Waals surface area contributed by atoms with Crippen LogP contribution in [-0.2, 0) is 0 Å². The quantitative estimate of drug-likeness (QED) is 0.900. The van der Waals surface area contributed by atoms with Gasteiger partial charge in [-0.05, 0) is 56.3 Å². The molecular weight excluding hydrogens is 324 g/mol. The Labute approximate surface area is 145 Å². The maximum atomic E-state index is 5.99. The van der Waals surface area contributed by atoms with Gasteiger partial charge in [-0.25, -0.2) is 14.7 Å².